The molecule has 1 aromatic heterocycles. The van der Waals surface area contributed by atoms with E-state index in [2.05, 4.69) is 54.6 Å². The van der Waals surface area contributed by atoms with Gasteiger partial charge in [0.15, 0.2) is 0 Å². The van der Waals surface area contributed by atoms with E-state index < -0.39 is 0 Å². The summed E-state index contributed by atoms with van der Waals surface area (Å²) in [7, 11) is 0. The number of rotatable bonds is 5. The maximum atomic E-state index is 13.2. The molecule has 1 saturated carbocycles. The standard InChI is InChI=1S/C27H38N2O2/c1-4-13-28-16-20(27(30)31-21-9-6-5-7-10-21)14-23-22-11-8-12-24-26(22)19(15-25(23)28)17-29(24)18(2)3/h8,11-12,17-18,20-21,23,25H,4-7,9-10,13-16H2,1-3H3/t20-,23?,25?/m1/s1. The monoisotopic (exact) mass is 422 g/mol. The predicted molar refractivity (Wildman–Crippen MR) is 125 cm³/mol. The average molecular weight is 423 g/mol. The van der Waals surface area contributed by atoms with Crippen LogP contribution in [0.3, 0.4) is 0 Å². The smallest absolute Gasteiger partial charge is 0.310 e. The van der Waals surface area contributed by atoms with Crippen LogP contribution in [0, 0.1) is 5.92 Å². The molecule has 4 nitrogen and oxygen atoms in total. The largest absolute Gasteiger partial charge is 0.462 e. The van der Waals surface area contributed by atoms with Crippen molar-refractivity contribution in [3.63, 3.8) is 0 Å². The third-order valence-corrected chi connectivity index (χ3v) is 7.96. The Kier molecular flexibility index (Phi) is 5.85. The summed E-state index contributed by atoms with van der Waals surface area (Å²) in [5.74, 6) is 0.478. The van der Waals surface area contributed by atoms with Crippen LogP contribution in [0.5, 0.6) is 0 Å². The number of aromatic nitrogens is 1. The van der Waals surface area contributed by atoms with Crippen molar-refractivity contribution in [3.05, 3.63) is 35.5 Å². The lowest BCUT2D eigenvalue weighted by atomic mass is 9.72. The van der Waals surface area contributed by atoms with Crippen molar-refractivity contribution in [3.8, 4) is 0 Å². The highest BCUT2D eigenvalue weighted by atomic mass is 16.5. The summed E-state index contributed by atoms with van der Waals surface area (Å²) < 4.78 is 8.48. The van der Waals surface area contributed by atoms with Gasteiger partial charge in [-0.1, -0.05) is 25.5 Å². The number of carbonyl (C=O) groups is 1. The van der Waals surface area contributed by atoms with Crippen LogP contribution < -0.4 is 0 Å². The van der Waals surface area contributed by atoms with Crippen molar-refractivity contribution in [2.24, 2.45) is 5.92 Å². The molecular formula is C27H38N2O2. The highest BCUT2D eigenvalue weighted by molar-refractivity contribution is 5.89. The van der Waals surface area contributed by atoms with Crippen LogP contribution in [0.25, 0.3) is 10.9 Å². The lowest BCUT2D eigenvalue weighted by molar-refractivity contribution is -0.158. The second-order valence-corrected chi connectivity index (χ2v) is 10.4. The number of fused-ring (bicyclic) bond motifs is 2. The first-order valence-corrected chi connectivity index (χ1v) is 12.6. The SMILES string of the molecule is CCCN1C[C@H](C(=O)OC2CCCCC2)CC2c3cccc4c3c(cn4C(C)C)CC21. The number of carbonyl (C=O) groups excluding carboxylic acids is 1. The van der Waals surface area contributed by atoms with E-state index in [4.69, 9.17) is 4.74 Å². The van der Waals surface area contributed by atoms with Gasteiger partial charge in [-0.25, -0.2) is 0 Å². The number of hydrogen-bond donors (Lipinski definition) is 0. The van der Waals surface area contributed by atoms with Crippen molar-refractivity contribution in [1.29, 1.82) is 0 Å². The summed E-state index contributed by atoms with van der Waals surface area (Å²) in [6.07, 6.45) is 11.5. The lowest BCUT2D eigenvalue weighted by Gasteiger charge is -2.46. The zero-order valence-corrected chi connectivity index (χ0v) is 19.5. The summed E-state index contributed by atoms with van der Waals surface area (Å²) in [4.78, 5) is 15.8. The van der Waals surface area contributed by atoms with E-state index in [1.165, 1.54) is 41.3 Å². The van der Waals surface area contributed by atoms with Crippen molar-refractivity contribution in [2.75, 3.05) is 13.1 Å². The minimum Gasteiger partial charge on any atom is -0.462 e. The Labute approximate surface area is 186 Å². The fraction of sp³-hybridized carbons (Fsp3) is 0.667. The van der Waals surface area contributed by atoms with Gasteiger partial charge >= 0.3 is 5.97 Å². The van der Waals surface area contributed by atoms with Crippen LogP contribution >= 0.6 is 0 Å². The van der Waals surface area contributed by atoms with Gasteiger partial charge in [0.1, 0.15) is 6.10 Å². The number of hydrogen-bond acceptors (Lipinski definition) is 3. The molecule has 2 heterocycles. The normalized spacial score (nSPS) is 26.9. The molecule has 3 atom stereocenters. The Morgan fingerprint density at radius 1 is 1.19 bits per heavy atom. The third kappa shape index (κ3) is 3.82. The third-order valence-electron chi connectivity index (χ3n) is 7.96. The minimum absolute atomic E-state index is 0.00119. The fourth-order valence-electron chi connectivity index (χ4n) is 6.52. The summed E-state index contributed by atoms with van der Waals surface area (Å²) >= 11 is 0. The predicted octanol–water partition coefficient (Wildman–Crippen LogP) is 5.84. The molecule has 5 rings (SSSR count). The van der Waals surface area contributed by atoms with Gasteiger partial charge in [-0.15, -0.1) is 0 Å². The number of likely N-dealkylation sites (tertiary alicyclic amines) is 1. The number of piperidine rings is 1. The zero-order chi connectivity index (χ0) is 21.5. The molecule has 2 fully saturated rings. The molecule has 1 saturated heterocycles. The second kappa shape index (κ2) is 8.61. The van der Waals surface area contributed by atoms with E-state index in [0.29, 0.717) is 18.0 Å². The van der Waals surface area contributed by atoms with Gasteiger partial charge < -0.3 is 9.30 Å². The molecular weight excluding hydrogens is 384 g/mol. The quantitative estimate of drug-likeness (QED) is 0.568. The Balaban J connectivity index is 1.46. The number of benzene rings is 1. The van der Waals surface area contributed by atoms with Crippen LogP contribution in [-0.4, -0.2) is 40.7 Å². The van der Waals surface area contributed by atoms with Crippen LogP contribution in [0.15, 0.2) is 24.4 Å². The summed E-state index contributed by atoms with van der Waals surface area (Å²) in [6, 6.07) is 7.77. The van der Waals surface area contributed by atoms with E-state index in [-0.39, 0.29) is 18.0 Å². The van der Waals surface area contributed by atoms with Gasteiger partial charge in [-0.2, -0.15) is 0 Å². The Morgan fingerprint density at radius 3 is 2.74 bits per heavy atom. The molecule has 1 aliphatic heterocycles. The van der Waals surface area contributed by atoms with Crippen molar-refractivity contribution >= 4 is 16.9 Å². The van der Waals surface area contributed by atoms with E-state index in [1.54, 1.807) is 0 Å². The first-order valence-electron chi connectivity index (χ1n) is 12.6. The van der Waals surface area contributed by atoms with E-state index in [1.807, 2.05) is 0 Å². The van der Waals surface area contributed by atoms with Crippen molar-refractivity contribution in [1.82, 2.24) is 9.47 Å². The van der Waals surface area contributed by atoms with E-state index >= 15 is 0 Å². The van der Waals surface area contributed by atoms with Crippen LogP contribution in [0.2, 0.25) is 0 Å². The second-order valence-electron chi connectivity index (χ2n) is 10.4. The van der Waals surface area contributed by atoms with Crippen molar-refractivity contribution in [2.45, 2.75) is 96.2 Å². The van der Waals surface area contributed by atoms with Gasteiger partial charge in [0.05, 0.1) is 5.92 Å². The fourth-order valence-corrected chi connectivity index (χ4v) is 6.52. The lowest BCUT2D eigenvalue weighted by Crippen LogP contribution is -2.52. The molecule has 4 heteroatoms. The molecule has 0 radical (unpaired) electrons. The van der Waals surface area contributed by atoms with Gasteiger partial charge in [-0.3, -0.25) is 9.69 Å². The van der Waals surface area contributed by atoms with Crippen LogP contribution in [0.4, 0.5) is 0 Å². The maximum absolute atomic E-state index is 13.2. The van der Waals surface area contributed by atoms with E-state index in [0.717, 1.165) is 45.2 Å². The van der Waals surface area contributed by atoms with Crippen LogP contribution in [0.1, 0.15) is 88.8 Å². The van der Waals surface area contributed by atoms with Gasteiger partial charge in [0.2, 0.25) is 0 Å². The van der Waals surface area contributed by atoms with Gasteiger partial charge in [0.25, 0.3) is 0 Å². The highest BCUT2D eigenvalue weighted by Crippen LogP contribution is 2.46. The first-order chi connectivity index (χ1) is 15.1. The Morgan fingerprint density at radius 2 is 2.00 bits per heavy atom. The number of nitrogens with zero attached hydrogens (tertiary/aromatic N) is 2. The van der Waals surface area contributed by atoms with E-state index in [9.17, 15) is 4.79 Å². The highest BCUT2D eigenvalue weighted by Gasteiger charge is 2.43. The molecule has 2 aromatic rings. The molecule has 0 amide bonds. The molecule has 0 spiro atoms. The average Bonchev–Trinajstić information content (AvgIpc) is 3.15. The number of ether oxygens (including phenoxy) is 1. The van der Waals surface area contributed by atoms with Gasteiger partial charge in [0, 0.05) is 41.6 Å². The molecule has 2 unspecified atom stereocenters. The summed E-state index contributed by atoms with van der Waals surface area (Å²) in [6.45, 7) is 8.70. The van der Waals surface area contributed by atoms with Gasteiger partial charge in [-0.05, 0) is 82.5 Å². The topological polar surface area (TPSA) is 34.5 Å². The minimum atomic E-state index is -0.00119. The molecule has 2 aliphatic carbocycles. The molecule has 1 aromatic carbocycles. The molecule has 3 aliphatic rings. The molecule has 31 heavy (non-hydrogen) atoms. The summed E-state index contributed by atoms with van der Waals surface area (Å²) in [5.41, 5.74) is 4.30. The van der Waals surface area contributed by atoms with Crippen molar-refractivity contribution < 1.29 is 9.53 Å². The molecule has 0 bridgehead atoms. The van der Waals surface area contributed by atoms with Crippen LogP contribution in [-0.2, 0) is 16.0 Å². The maximum Gasteiger partial charge on any atom is 0.310 e. The molecule has 0 N–H and O–H groups in total. The Hall–Kier alpha value is -1.81. The Bertz CT molecular complexity index is 940. The summed E-state index contributed by atoms with van der Waals surface area (Å²) in [5, 5.41) is 1.45. The zero-order valence-electron chi connectivity index (χ0n) is 19.5. The number of esters is 1. The molecule has 168 valence electrons. The first kappa shape index (κ1) is 21.1.